The molecule has 21 heteroatoms. The van der Waals surface area contributed by atoms with Crippen LogP contribution >= 0.6 is 11.3 Å². The van der Waals surface area contributed by atoms with Crippen LogP contribution < -0.4 is 37.1 Å². The molecule has 19 nitrogen and oxygen atoms in total. The highest BCUT2D eigenvalue weighted by atomic mass is 32.3. The van der Waals surface area contributed by atoms with Crippen molar-refractivity contribution >= 4 is 50.4 Å². The Bertz CT molecular complexity index is 1850. The zero-order valence-electron chi connectivity index (χ0n) is 27.2. The highest BCUT2D eigenvalue weighted by Crippen LogP contribution is 2.33. The Labute approximate surface area is 290 Å². The summed E-state index contributed by atoms with van der Waals surface area (Å²) in [5, 5.41) is 21.0. The molecule has 0 aliphatic carbocycles. The topological polar surface area (TPSA) is 288 Å². The molecule has 2 amide bonds. The van der Waals surface area contributed by atoms with Gasteiger partial charge in [-0.1, -0.05) is 17.3 Å². The fourth-order valence-electron chi connectivity index (χ4n) is 4.70. The predicted octanol–water partition coefficient (Wildman–Crippen LogP) is -1.31. The Morgan fingerprint density at radius 3 is 2.36 bits per heavy atom. The van der Waals surface area contributed by atoms with Crippen molar-refractivity contribution in [2.75, 3.05) is 25.4 Å². The van der Waals surface area contributed by atoms with Crippen molar-refractivity contribution in [3.05, 3.63) is 59.4 Å². The molecule has 1 unspecified atom stereocenters. The third-order valence-electron chi connectivity index (χ3n) is 7.62. The van der Waals surface area contributed by atoms with Gasteiger partial charge in [-0.15, -0.1) is 15.6 Å². The van der Waals surface area contributed by atoms with Crippen molar-refractivity contribution in [2.45, 2.75) is 44.1 Å². The van der Waals surface area contributed by atoms with Gasteiger partial charge in [-0.2, -0.15) is 13.5 Å². The van der Waals surface area contributed by atoms with E-state index in [2.05, 4.69) is 25.1 Å². The lowest BCUT2D eigenvalue weighted by Gasteiger charge is -2.50. The number of rotatable bonds is 17. The van der Waals surface area contributed by atoms with Crippen molar-refractivity contribution < 1.29 is 50.9 Å². The second kappa shape index (κ2) is 15.8. The van der Waals surface area contributed by atoms with Gasteiger partial charge in [0.05, 0.1) is 12.1 Å². The van der Waals surface area contributed by atoms with Gasteiger partial charge in [-0.25, -0.2) is 14.3 Å². The van der Waals surface area contributed by atoms with Crippen molar-refractivity contribution in [2.24, 2.45) is 23.7 Å². The molecule has 3 heterocycles. The van der Waals surface area contributed by atoms with Crippen LogP contribution in [0.4, 0.5) is 5.13 Å². The molecular weight excluding hydrogens is 699 g/mol. The number of carbonyl (C=O) groups excluding carboxylic acids is 2. The fourth-order valence-corrected chi connectivity index (χ4v) is 5.70. The van der Waals surface area contributed by atoms with Crippen LogP contribution in [-0.2, 0) is 47.5 Å². The van der Waals surface area contributed by atoms with Crippen LogP contribution in [0, 0.1) is 0 Å². The fraction of sp³-hybridized carbons (Fsp3) is 0.379. The van der Waals surface area contributed by atoms with E-state index in [-0.39, 0.29) is 16.9 Å². The minimum Gasteiger partial charge on any atom is -0.489 e. The number of nitrogen functional groups attached to an aromatic ring is 1. The van der Waals surface area contributed by atoms with E-state index in [4.69, 9.17) is 31.3 Å². The predicted molar refractivity (Wildman–Crippen MR) is 178 cm³/mol. The van der Waals surface area contributed by atoms with E-state index in [1.54, 1.807) is 24.3 Å². The average molecular weight is 737 g/mol. The normalized spacial score (nSPS) is 16.5. The Morgan fingerprint density at radius 1 is 1.16 bits per heavy atom. The number of benzene rings is 1. The molecule has 10 N–H and O–H groups in total. The minimum absolute atomic E-state index is 0.0168. The number of aryl methyl sites for hydroxylation is 1. The second-order valence-corrected chi connectivity index (χ2v) is 13.4. The Balaban J connectivity index is 1.42. The van der Waals surface area contributed by atoms with E-state index in [9.17, 15) is 27.9 Å². The number of nitrogens with zero attached hydrogens (tertiary/aromatic N) is 4. The van der Waals surface area contributed by atoms with Gasteiger partial charge in [-0.3, -0.25) is 14.1 Å². The number of nitrogens with one attached hydrogen (secondary N) is 2. The van der Waals surface area contributed by atoms with Gasteiger partial charge in [0, 0.05) is 36.1 Å². The number of pyridine rings is 1. The van der Waals surface area contributed by atoms with Gasteiger partial charge in [0.15, 0.2) is 22.7 Å². The summed E-state index contributed by atoms with van der Waals surface area (Å²) in [7, 11) is -3.10. The van der Waals surface area contributed by atoms with Crippen molar-refractivity contribution in [1.29, 1.82) is 0 Å². The number of hydrogen-bond donors (Lipinski definition) is 7. The number of hydrogen-bond acceptors (Lipinski definition) is 15. The maximum atomic E-state index is 13.2. The molecule has 0 bridgehead atoms. The van der Waals surface area contributed by atoms with Gasteiger partial charge in [-0.05, 0) is 37.6 Å². The molecule has 1 saturated heterocycles. The van der Waals surface area contributed by atoms with E-state index < -0.39 is 58.2 Å². The van der Waals surface area contributed by atoms with Crippen LogP contribution in [0.5, 0.6) is 5.75 Å². The monoisotopic (exact) mass is 736 g/mol. The molecule has 3 aromatic rings. The molecular formula is C29H38N9O10S2+. The quantitative estimate of drug-likeness (QED) is 0.0278. The summed E-state index contributed by atoms with van der Waals surface area (Å²) in [4.78, 5) is 47.0. The summed E-state index contributed by atoms with van der Waals surface area (Å²) in [6.07, 6.45) is 0.278. The number of aromatic nitrogens is 2. The Hall–Kier alpha value is -4.77. The number of ether oxygens (including phenoxy) is 1. The third-order valence-corrected chi connectivity index (χ3v) is 8.63. The minimum atomic E-state index is -5.02. The smallest absolute Gasteiger partial charge is 0.418 e. The average Bonchev–Trinajstić information content (AvgIpc) is 3.50. The largest absolute Gasteiger partial charge is 0.489 e. The summed E-state index contributed by atoms with van der Waals surface area (Å²) in [6, 6.07) is 9.55. The molecule has 2 aromatic heterocycles. The molecule has 1 fully saturated rings. The zero-order chi connectivity index (χ0) is 36.8. The van der Waals surface area contributed by atoms with Crippen LogP contribution in [0.15, 0.2) is 53.1 Å². The highest BCUT2D eigenvalue weighted by Gasteiger charge is 2.58. The molecule has 0 saturated carbocycles. The number of hydroxylamine groups is 2. The highest BCUT2D eigenvalue weighted by molar-refractivity contribution is 7.80. The molecule has 0 spiro atoms. The number of oxime groups is 1. The summed E-state index contributed by atoms with van der Waals surface area (Å²) in [5.41, 5.74) is 17.9. The lowest BCUT2D eigenvalue weighted by atomic mass is 9.84. The van der Waals surface area contributed by atoms with Crippen LogP contribution in [-0.4, -0.2) is 95.0 Å². The van der Waals surface area contributed by atoms with Gasteiger partial charge in [0.2, 0.25) is 0 Å². The third kappa shape index (κ3) is 9.26. The maximum Gasteiger partial charge on any atom is 0.418 e. The molecule has 1 aliphatic rings. The van der Waals surface area contributed by atoms with Crippen molar-refractivity contribution in [3.63, 3.8) is 0 Å². The summed E-state index contributed by atoms with van der Waals surface area (Å²) < 4.78 is 43.1. The Morgan fingerprint density at radius 2 is 1.82 bits per heavy atom. The first-order chi connectivity index (χ1) is 23.5. The molecule has 1 aromatic carbocycles. The standard InChI is InChI=1S/C29H37N9O10S2/c1-29(2)24(26(40)38(29)48-50(43,44)45)35-25(39)23(21-15-49-28(32)34-21)36-47-22(27(41)42)14-46-20-8-5-16(6-9-20)17-4-7-19(37(3)13-17)12-33-18(10-30)11-31/h4-9,13,15,18,22,24,33H,10-12,14,30-31H2,1-3H3,(H4-,32,34,35,39,41,42,43,44,45)/p+1/b36-23-/t22-,24?/m0/s1. The van der Waals surface area contributed by atoms with E-state index in [1.165, 1.54) is 19.2 Å². The Kier molecular flexibility index (Phi) is 12.1. The molecule has 2 atom stereocenters. The van der Waals surface area contributed by atoms with E-state index in [0.717, 1.165) is 28.2 Å². The van der Waals surface area contributed by atoms with Gasteiger partial charge < -0.3 is 42.5 Å². The van der Waals surface area contributed by atoms with E-state index in [0.29, 0.717) is 30.4 Å². The van der Waals surface area contributed by atoms with Crippen LogP contribution in [0.3, 0.4) is 0 Å². The summed E-state index contributed by atoms with van der Waals surface area (Å²) >= 11 is 0.957. The summed E-state index contributed by atoms with van der Waals surface area (Å²) in [5.74, 6) is -3.14. The van der Waals surface area contributed by atoms with Crippen LogP contribution in [0.1, 0.15) is 25.2 Å². The second-order valence-electron chi connectivity index (χ2n) is 11.5. The molecule has 0 radical (unpaired) electrons. The first-order valence-electron chi connectivity index (χ1n) is 14.9. The SMILES string of the molecule is C[n+]1cc(-c2ccc(OC[C@H](O/N=C(\C(=O)NC3C(=O)N(OS(=O)(=O)O)C3(C)C)c3csc(N)n3)C(=O)O)cc2)ccc1CNC(CN)CN. The number of β-lactam (4-membered cyclic amide) rings is 1. The number of carboxylic acid groups (broad SMARTS) is 1. The lowest BCUT2D eigenvalue weighted by Crippen LogP contribution is -2.76. The first kappa shape index (κ1) is 38.0. The van der Waals surface area contributed by atoms with Gasteiger partial charge in [0.1, 0.15) is 31.1 Å². The van der Waals surface area contributed by atoms with Crippen molar-refractivity contribution in [3.8, 4) is 16.9 Å². The number of carboxylic acids is 1. The van der Waals surface area contributed by atoms with E-state index >= 15 is 0 Å². The van der Waals surface area contributed by atoms with Gasteiger partial charge in [0.25, 0.3) is 17.9 Å². The zero-order valence-corrected chi connectivity index (χ0v) is 28.8. The van der Waals surface area contributed by atoms with E-state index in [1.807, 2.05) is 29.9 Å². The number of carbonyl (C=O) groups is 3. The lowest BCUT2D eigenvalue weighted by molar-refractivity contribution is -0.679. The number of nitrogens with two attached hydrogens (primary N) is 3. The number of anilines is 1. The first-order valence-corrected chi connectivity index (χ1v) is 17.1. The van der Waals surface area contributed by atoms with Crippen LogP contribution in [0.2, 0.25) is 0 Å². The van der Waals surface area contributed by atoms with Crippen molar-refractivity contribution in [1.82, 2.24) is 20.7 Å². The molecule has 1 aliphatic heterocycles. The molecule has 270 valence electrons. The number of amides is 2. The van der Waals surface area contributed by atoms with Crippen LogP contribution in [0.25, 0.3) is 11.1 Å². The molecule has 4 rings (SSSR count). The molecule has 50 heavy (non-hydrogen) atoms. The maximum absolute atomic E-state index is 13.2. The number of thiazole rings is 1. The van der Waals surface area contributed by atoms with Gasteiger partial charge >= 0.3 is 16.4 Å². The number of aliphatic carboxylic acids is 1. The summed E-state index contributed by atoms with van der Waals surface area (Å²) in [6.45, 7) is 3.67.